The van der Waals surface area contributed by atoms with Crippen molar-refractivity contribution < 1.29 is 24.2 Å². The van der Waals surface area contributed by atoms with Gasteiger partial charge in [-0.15, -0.1) is 0 Å². The van der Waals surface area contributed by atoms with Gasteiger partial charge in [-0.05, 0) is 19.4 Å². The van der Waals surface area contributed by atoms with E-state index in [0.29, 0.717) is 6.61 Å². The highest BCUT2D eigenvalue weighted by molar-refractivity contribution is 6.01. The average Bonchev–Trinajstić information content (AvgIpc) is 2.38. The Hall–Kier alpha value is -2.04. The number of hydrogen-bond donors (Lipinski definition) is 1. The molecule has 5 nitrogen and oxygen atoms in total. The first-order valence-corrected chi connectivity index (χ1v) is 6.10. The lowest BCUT2D eigenvalue weighted by Gasteiger charge is -2.12. The summed E-state index contributed by atoms with van der Waals surface area (Å²) in [6.07, 6.45) is 1.80. The van der Waals surface area contributed by atoms with Gasteiger partial charge in [-0.3, -0.25) is 4.79 Å². The van der Waals surface area contributed by atoms with E-state index in [9.17, 15) is 14.7 Å². The predicted molar refractivity (Wildman–Crippen MR) is 69.9 cm³/mol. The van der Waals surface area contributed by atoms with Crippen LogP contribution in [0, 0.1) is 0 Å². The Bertz CT molecular complexity index is 479. The zero-order valence-corrected chi connectivity index (χ0v) is 11.4. The van der Waals surface area contributed by atoms with Crippen LogP contribution in [0.15, 0.2) is 12.1 Å². The number of hydrogen-bond acceptors (Lipinski definition) is 5. The summed E-state index contributed by atoms with van der Waals surface area (Å²) in [5, 5.41) is 9.76. The van der Waals surface area contributed by atoms with Crippen molar-refractivity contribution in [2.75, 3.05) is 13.7 Å². The maximum atomic E-state index is 11.6. The highest BCUT2D eigenvalue weighted by atomic mass is 16.5. The van der Waals surface area contributed by atoms with Crippen LogP contribution in [0.2, 0.25) is 0 Å². The van der Waals surface area contributed by atoms with Crippen molar-refractivity contribution in [3.63, 3.8) is 0 Å². The summed E-state index contributed by atoms with van der Waals surface area (Å²) < 4.78 is 9.99. The van der Waals surface area contributed by atoms with Crippen LogP contribution in [-0.4, -0.2) is 30.6 Å². The molecule has 0 heterocycles. The summed E-state index contributed by atoms with van der Waals surface area (Å²) in [5.74, 6) is -0.911. The summed E-state index contributed by atoms with van der Waals surface area (Å²) in [6.45, 7) is 3.85. The highest BCUT2D eigenvalue weighted by Crippen LogP contribution is 2.29. The molecular formula is C14H18O5. The summed E-state index contributed by atoms with van der Waals surface area (Å²) in [4.78, 5) is 23.0. The molecule has 0 aliphatic rings. The molecule has 0 amide bonds. The third-order valence-electron chi connectivity index (χ3n) is 2.64. The van der Waals surface area contributed by atoms with Crippen LogP contribution >= 0.6 is 0 Å². The lowest BCUT2D eigenvalue weighted by Crippen LogP contribution is -2.07. The number of unbranched alkanes of at least 4 members (excludes halogenated alkanes) is 1. The van der Waals surface area contributed by atoms with Crippen LogP contribution in [-0.2, 0) is 4.74 Å². The second kappa shape index (κ2) is 6.78. The number of carbonyl (C=O) groups excluding carboxylic acids is 2. The van der Waals surface area contributed by atoms with Gasteiger partial charge in [0.25, 0.3) is 0 Å². The molecule has 0 bridgehead atoms. The van der Waals surface area contributed by atoms with Gasteiger partial charge < -0.3 is 14.6 Å². The molecule has 0 saturated heterocycles. The second-order valence-electron chi connectivity index (χ2n) is 4.12. The number of rotatable bonds is 6. The zero-order chi connectivity index (χ0) is 14.4. The Morgan fingerprint density at radius 2 is 1.95 bits per heavy atom. The van der Waals surface area contributed by atoms with Crippen LogP contribution in [0.25, 0.3) is 0 Å². The molecule has 0 fully saturated rings. The summed E-state index contributed by atoms with van der Waals surface area (Å²) >= 11 is 0. The molecule has 0 radical (unpaired) electrons. The van der Waals surface area contributed by atoms with Gasteiger partial charge in [0.05, 0.1) is 19.3 Å². The number of benzene rings is 1. The zero-order valence-electron chi connectivity index (χ0n) is 11.4. The molecule has 0 aliphatic carbocycles. The summed E-state index contributed by atoms with van der Waals surface area (Å²) in [5.41, 5.74) is 0.213. The molecular weight excluding hydrogens is 248 g/mol. The topological polar surface area (TPSA) is 72.8 Å². The van der Waals surface area contributed by atoms with E-state index in [1.807, 2.05) is 6.92 Å². The Labute approximate surface area is 112 Å². The van der Waals surface area contributed by atoms with Crippen molar-refractivity contribution in [2.24, 2.45) is 0 Å². The van der Waals surface area contributed by atoms with Crippen molar-refractivity contribution >= 4 is 11.8 Å². The number of phenolic OH excluding ortho intramolecular Hbond substituents is 1. The fourth-order valence-electron chi connectivity index (χ4n) is 1.56. The van der Waals surface area contributed by atoms with Crippen LogP contribution < -0.4 is 4.74 Å². The van der Waals surface area contributed by atoms with Crippen molar-refractivity contribution in [1.29, 1.82) is 0 Å². The number of carbonyl (C=O) groups is 2. The van der Waals surface area contributed by atoms with E-state index in [2.05, 4.69) is 4.74 Å². The maximum Gasteiger partial charge on any atom is 0.341 e. The highest BCUT2D eigenvalue weighted by Gasteiger charge is 2.18. The van der Waals surface area contributed by atoms with Crippen LogP contribution in [0.4, 0.5) is 0 Å². The number of Topliss-reactive ketones (excluding diaryl/α,β-unsaturated/α-hetero) is 1. The van der Waals surface area contributed by atoms with Gasteiger partial charge in [-0.25, -0.2) is 4.79 Å². The molecule has 0 unspecified atom stereocenters. The van der Waals surface area contributed by atoms with E-state index in [0.717, 1.165) is 12.8 Å². The molecule has 1 aromatic carbocycles. The third-order valence-corrected chi connectivity index (χ3v) is 2.64. The lowest BCUT2D eigenvalue weighted by atomic mass is 10.1. The number of methoxy groups -OCH3 is 1. The Kier molecular flexibility index (Phi) is 5.36. The molecule has 19 heavy (non-hydrogen) atoms. The van der Waals surface area contributed by atoms with Crippen LogP contribution in [0.3, 0.4) is 0 Å². The first-order chi connectivity index (χ1) is 9.01. The number of ether oxygens (including phenoxy) is 2. The SMILES string of the molecule is CCCCOc1cc(O)c(C(=O)OC)cc1C(C)=O. The Morgan fingerprint density at radius 1 is 1.26 bits per heavy atom. The summed E-state index contributed by atoms with van der Waals surface area (Å²) in [6, 6.07) is 2.57. The summed E-state index contributed by atoms with van der Waals surface area (Å²) in [7, 11) is 1.21. The fraction of sp³-hybridized carbons (Fsp3) is 0.429. The lowest BCUT2D eigenvalue weighted by molar-refractivity contribution is 0.0597. The van der Waals surface area contributed by atoms with Crippen molar-refractivity contribution in [1.82, 2.24) is 0 Å². The Balaban J connectivity index is 3.14. The normalized spacial score (nSPS) is 10.1. The monoisotopic (exact) mass is 266 g/mol. The minimum atomic E-state index is -0.694. The first kappa shape index (κ1) is 15.0. The van der Waals surface area contributed by atoms with E-state index in [1.165, 1.54) is 26.2 Å². The molecule has 1 N–H and O–H groups in total. The molecule has 0 aliphatic heterocycles. The van der Waals surface area contributed by atoms with E-state index in [-0.39, 0.29) is 28.4 Å². The standard InChI is InChI=1S/C14H18O5/c1-4-5-6-19-13-8-12(16)11(14(17)18-3)7-10(13)9(2)15/h7-8,16H,4-6H2,1-3H3. The van der Waals surface area contributed by atoms with Crippen LogP contribution in [0.5, 0.6) is 11.5 Å². The number of esters is 1. The maximum absolute atomic E-state index is 11.6. The minimum absolute atomic E-state index is 0.0458. The van der Waals surface area contributed by atoms with E-state index in [4.69, 9.17) is 4.74 Å². The molecule has 5 heteroatoms. The van der Waals surface area contributed by atoms with Gasteiger partial charge in [0.15, 0.2) is 5.78 Å². The van der Waals surface area contributed by atoms with E-state index < -0.39 is 5.97 Å². The van der Waals surface area contributed by atoms with Crippen molar-refractivity contribution in [3.8, 4) is 11.5 Å². The molecule has 1 aromatic rings. The predicted octanol–water partition coefficient (Wildman–Crippen LogP) is 2.56. The van der Waals surface area contributed by atoms with Gasteiger partial charge >= 0.3 is 5.97 Å². The number of phenols is 1. The average molecular weight is 266 g/mol. The molecule has 104 valence electrons. The van der Waals surface area contributed by atoms with Gasteiger partial charge in [-0.1, -0.05) is 13.3 Å². The van der Waals surface area contributed by atoms with Crippen molar-refractivity contribution in [3.05, 3.63) is 23.3 Å². The molecule has 1 rings (SSSR count). The molecule has 0 saturated carbocycles. The van der Waals surface area contributed by atoms with Gasteiger partial charge in [0.1, 0.15) is 17.1 Å². The van der Waals surface area contributed by atoms with E-state index >= 15 is 0 Å². The largest absolute Gasteiger partial charge is 0.507 e. The molecule has 0 spiro atoms. The van der Waals surface area contributed by atoms with Gasteiger partial charge in [0, 0.05) is 6.07 Å². The quantitative estimate of drug-likeness (QED) is 0.486. The number of ketones is 1. The Morgan fingerprint density at radius 3 is 2.47 bits per heavy atom. The van der Waals surface area contributed by atoms with E-state index in [1.54, 1.807) is 0 Å². The van der Waals surface area contributed by atoms with Crippen LogP contribution in [0.1, 0.15) is 47.4 Å². The number of aromatic hydroxyl groups is 1. The van der Waals surface area contributed by atoms with Gasteiger partial charge in [0.2, 0.25) is 0 Å². The molecule has 0 atom stereocenters. The fourth-order valence-corrected chi connectivity index (χ4v) is 1.56. The van der Waals surface area contributed by atoms with Crippen molar-refractivity contribution in [2.45, 2.75) is 26.7 Å². The second-order valence-corrected chi connectivity index (χ2v) is 4.12. The smallest absolute Gasteiger partial charge is 0.341 e. The molecule has 0 aromatic heterocycles. The third kappa shape index (κ3) is 3.71. The minimum Gasteiger partial charge on any atom is -0.507 e. The first-order valence-electron chi connectivity index (χ1n) is 6.10. The van der Waals surface area contributed by atoms with Gasteiger partial charge in [-0.2, -0.15) is 0 Å².